The second-order valence-corrected chi connectivity index (χ2v) is 4.17. The summed E-state index contributed by atoms with van der Waals surface area (Å²) in [7, 11) is 0. The first-order valence-electron chi connectivity index (χ1n) is 5.55. The van der Waals surface area contributed by atoms with Gasteiger partial charge in [0.1, 0.15) is 12.4 Å². The lowest BCUT2D eigenvalue weighted by Crippen LogP contribution is -2.32. The molecule has 0 radical (unpaired) electrons. The van der Waals surface area contributed by atoms with Crippen LogP contribution in [0.2, 0.25) is 5.02 Å². The molecular formula is C12H10ClF2N3O2. The Balaban J connectivity index is 2.14. The maximum Gasteiger partial charge on any atom is 0.387 e. The minimum absolute atomic E-state index is 0.0609. The molecule has 1 aromatic rings. The second kappa shape index (κ2) is 6.33. The van der Waals surface area contributed by atoms with Gasteiger partial charge < -0.3 is 10.1 Å². The third kappa shape index (κ3) is 3.67. The molecule has 0 saturated carbocycles. The lowest BCUT2D eigenvalue weighted by Gasteiger charge is -2.19. The molecule has 0 unspecified atom stereocenters. The van der Waals surface area contributed by atoms with Gasteiger partial charge in [-0.05, 0) is 24.3 Å². The Morgan fingerprint density at radius 3 is 2.95 bits per heavy atom. The Hall–Kier alpha value is -2.15. The summed E-state index contributed by atoms with van der Waals surface area (Å²) in [6.45, 7) is -2.85. The number of carbonyl (C=O) groups excluding carboxylic acids is 1. The van der Waals surface area contributed by atoms with Crippen molar-refractivity contribution in [2.75, 3.05) is 12.0 Å². The van der Waals surface area contributed by atoms with Gasteiger partial charge in [0.2, 0.25) is 0 Å². The van der Waals surface area contributed by atoms with E-state index in [-0.39, 0.29) is 23.1 Å². The molecule has 1 aromatic carbocycles. The molecule has 1 aliphatic heterocycles. The van der Waals surface area contributed by atoms with Crippen LogP contribution in [-0.2, 0) is 0 Å². The molecule has 0 spiro atoms. The number of urea groups is 1. The first-order chi connectivity index (χ1) is 9.56. The monoisotopic (exact) mass is 301 g/mol. The minimum atomic E-state index is -2.99. The minimum Gasteiger partial charge on any atom is -0.433 e. The Morgan fingerprint density at radius 2 is 2.30 bits per heavy atom. The molecule has 0 aliphatic carbocycles. The number of rotatable bonds is 3. The molecule has 1 aliphatic rings. The predicted molar refractivity (Wildman–Crippen MR) is 71.4 cm³/mol. The van der Waals surface area contributed by atoms with E-state index in [0.717, 1.165) is 0 Å². The summed E-state index contributed by atoms with van der Waals surface area (Å²) in [5.41, 5.74) is 0.0609. The van der Waals surface area contributed by atoms with Crippen LogP contribution in [0, 0.1) is 0 Å². The first kappa shape index (κ1) is 14.3. The summed E-state index contributed by atoms with van der Waals surface area (Å²) < 4.78 is 28.9. The molecule has 0 bridgehead atoms. The summed E-state index contributed by atoms with van der Waals surface area (Å²) in [6.07, 6.45) is 4.65. The number of nitrogens with zero attached hydrogens (tertiary/aromatic N) is 2. The van der Waals surface area contributed by atoms with Gasteiger partial charge in [0.25, 0.3) is 0 Å². The summed E-state index contributed by atoms with van der Waals surface area (Å²) in [4.78, 5) is 17.1. The van der Waals surface area contributed by atoms with Gasteiger partial charge in [-0.2, -0.15) is 8.78 Å². The number of hydrogen-bond acceptors (Lipinski definition) is 3. The van der Waals surface area contributed by atoms with Crippen LogP contribution in [0.15, 0.2) is 35.5 Å². The van der Waals surface area contributed by atoms with E-state index in [1.807, 2.05) is 0 Å². The van der Waals surface area contributed by atoms with Gasteiger partial charge >= 0.3 is 12.6 Å². The lowest BCUT2D eigenvalue weighted by molar-refractivity contribution is -0.0493. The highest BCUT2D eigenvalue weighted by atomic mass is 35.5. The van der Waals surface area contributed by atoms with Gasteiger partial charge in [0.15, 0.2) is 0 Å². The molecular weight excluding hydrogens is 292 g/mol. The smallest absolute Gasteiger partial charge is 0.387 e. The van der Waals surface area contributed by atoms with Gasteiger partial charge in [-0.1, -0.05) is 11.6 Å². The standard InChI is InChI=1S/C12H10ClF2N3O2/c13-8-2-3-10(20-11(14)15)9(6-8)17-12(19)18-5-1-4-16-7-18/h1-6,11H,7H2,(H,17,19). The molecule has 5 nitrogen and oxygen atoms in total. The van der Waals surface area contributed by atoms with Crippen LogP contribution in [0.4, 0.5) is 19.3 Å². The lowest BCUT2D eigenvalue weighted by atomic mass is 10.3. The van der Waals surface area contributed by atoms with E-state index in [1.165, 1.54) is 29.3 Å². The van der Waals surface area contributed by atoms with Crippen LogP contribution in [-0.4, -0.2) is 30.4 Å². The number of carbonyl (C=O) groups is 1. The Kier molecular flexibility index (Phi) is 4.52. The number of aliphatic imine (C=N–C) groups is 1. The summed E-state index contributed by atoms with van der Waals surface area (Å²) >= 11 is 5.78. The van der Waals surface area contributed by atoms with Crippen molar-refractivity contribution in [2.45, 2.75) is 6.61 Å². The van der Waals surface area contributed by atoms with Crippen LogP contribution >= 0.6 is 11.6 Å². The quantitative estimate of drug-likeness (QED) is 0.931. The maximum absolute atomic E-state index is 12.3. The van der Waals surface area contributed by atoms with Crippen molar-refractivity contribution in [3.05, 3.63) is 35.5 Å². The van der Waals surface area contributed by atoms with Gasteiger partial charge in [0, 0.05) is 17.4 Å². The zero-order valence-electron chi connectivity index (χ0n) is 10.1. The SMILES string of the molecule is O=C(Nc1cc(Cl)ccc1OC(F)F)N1C=CC=NC1. The number of hydrogen-bond donors (Lipinski definition) is 1. The molecule has 2 amide bonds. The van der Waals surface area contributed by atoms with Crippen molar-refractivity contribution >= 4 is 29.5 Å². The zero-order valence-corrected chi connectivity index (χ0v) is 10.8. The summed E-state index contributed by atoms with van der Waals surface area (Å²) in [6, 6.07) is 3.45. The zero-order chi connectivity index (χ0) is 14.5. The summed E-state index contributed by atoms with van der Waals surface area (Å²) in [5.74, 6) is -0.165. The van der Waals surface area contributed by atoms with Crippen molar-refractivity contribution in [3.63, 3.8) is 0 Å². The molecule has 0 atom stereocenters. The number of amides is 2. The number of alkyl halides is 2. The molecule has 0 saturated heterocycles. The van der Waals surface area contributed by atoms with E-state index in [9.17, 15) is 13.6 Å². The highest BCUT2D eigenvalue weighted by Gasteiger charge is 2.16. The fraction of sp³-hybridized carbons (Fsp3) is 0.167. The van der Waals surface area contributed by atoms with Crippen LogP contribution in [0.5, 0.6) is 5.75 Å². The molecule has 1 heterocycles. The molecule has 1 N–H and O–H groups in total. The highest BCUT2D eigenvalue weighted by molar-refractivity contribution is 6.31. The number of benzene rings is 1. The van der Waals surface area contributed by atoms with E-state index >= 15 is 0 Å². The number of ether oxygens (including phenoxy) is 1. The van der Waals surface area contributed by atoms with E-state index in [1.54, 1.807) is 12.3 Å². The van der Waals surface area contributed by atoms with Crippen molar-refractivity contribution < 1.29 is 18.3 Å². The molecule has 106 valence electrons. The fourth-order valence-corrected chi connectivity index (χ4v) is 1.68. The average molecular weight is 302 g/mol. The van der Waals surface area contributed by atoms with E-state index < -0.39 is 12.6 Å². The highest BCUT2D eigenvalue weighted by Crippen LogP contribution is 2.29. The van der Waals surface area contributed by atoms with E-state index in [2.05, 4.69) is 15.0 Å². The topological polar surface area (TPSA) is 53.9 Å². The Bertz CT molecular complexity index is 564. The van der Waals surface area contributed by atoms with Gasteiger partial charge in [-0.25, -0.2) is 4.79 Å². The van der Waals surface area contributed by atoms with Gasteiger partial charge in [-0.15, -0.1) is 0 Å². The van der Waals surface area contributed by atoms with Crippen molar-refractivity contribution in [3.8, 4) is 5.75 Å². The van der Waals surface area contributed by atoms with Crippen LogP contribution in [0.25, 0.3) is 0 Å². The number of anilines is 1. The Labute approximate surface area is 118 Å². The maximum atomic E-state index is 12.3. The van der Waals surface area contributed by atoms with Crippen molar-refractivity contribution in [2.24, 2.45) is 4.99 Å². The molecule has 0 aromatic heterocycles. The second-order valence-electron chi connectivity index (χ2n) is 3.73. The average Bonchev–Trinajstić information content (AvgIpc) is 2.42. The number of allylic oxidation sites excluding steroid dienone is 1. The first-order valence-corrected chi connectivity index (χ1v) is 5.92. The molecule has 8 heteroatoms. The van der Waals surface area contributed by atoms with Crippen molar-refractivity contribution in [1.82, 2.24) is 4.90 Å². The normalized spacial score (nSPS) is 13.7. The fourth-order valence-electron chi connectivity index (χ4n) is 1.50. The summed E-state index contributed by atoms with van der Waals surface area (Å²) in [5, 5.41) is 2.73. The van der Waals surface area contributed by atoms with E-state index in [0.29, 0.717) is 0 Å². The van der Waals surface area contributed by atoms with Gasteiger partial charge in [0.05, 0.1) is 5.69 Å². The molecule has 0 fully saturated rings. The van der Waals surface area contributed by atoms with Crippen LogP contribution < -0.4 is 10.1 Å². The number of halogens is 3. The third-order valence-electron chi connectivity index (χ3n) is 2.35. The molecule has 2 rings (SSSR count). The van der Waals surface area contributed by atoms with Crippen molar-refractivity contribution in [1.29, 1.82) is 0 Å². The van der Waals surface area contributed by atoms with Gasteiger partial charge in [-0.3, -0.25) is 9.89 Å². The predicted octanol–water partition coefficient (Wildman–Crippen LogP) is 3.33. The van der Waals surface area contributed by atoms with Crippen LogP contribution in [0.1, 0.15) is 0 Å². The molecule has 20 heavy (non-hydrogen) atoms. The van der Waals surface area contributed by atoms with E-state index in [4.69, 9.17) is 11.6 Å². The largest absolute Gasteiger partial charge is 0.433 e. The Morgan fingerprint density at radius 1 is 1.50 bits per heavy atom. The third-order valence-corrected chi connectivity index (χ3v) is 2.59. The van der Waals surface area contributed by atoms with Crippen LogP contribution in [0.3, 0.4) is 0 Å². The number of nitrogens with one attached hydrogen (secondary N) is 1.